The van der Waals surface area contributed by atoms with E-state index in [0.29, 0.717) is 18.9 Å². The molecule has 4 rings (SSSR count). The molecule has 4 atom stereocenters. The Balaban J connectivity index is 1.63. The molecule has 2 saturated heterocycles. The lowest BCUT2D eigenvalue weighted by molar-refractivity contribution is -0.194. The molecule has 2 fully saturated rings. The summed E-state index contributed by atoms with van der Waals surface area (Å²) in [6, 6.07) is 12.8. The van der Waals surface area contributed by atoms with Crippen molar-refractivity contribution in [2.75, 3.05) is 6.61 Å². The Bertz CT molecular complexity index is 791. The van der Waals surface area contributed by atoms with Crippen molar-refractivity contribution in [2.24, 2.45) is 0 Å². The SMILES string of the molecule is CC1(C)OCC(C2OC(C)(C)OC2C(c2ccco2)N(O)Cc2ccccc2)O1. The Morgan fingerprint density at radius 2 is 1.76 bits per heavy atom. The van der Waals surface area contributed by atoms with Crippen molar-refractivity contribution in [3.8, 4) is 0 Å². The monoisotopic (exact) mass is 403 g/mol. The number of rotatable bonds is 6. The van der Waals surface area contributed by atoms with Crippen molar-refractivity contribution in [1.29, 1.82) is 0 Å². The minimum Gasteiger partial charge on any atom is -0.467 e. The lowest BCUT2D eigenvalue weighted by Crippen LogP contribution is -2.45. The standard InChI is InChI=1S/C22H29NO6/c1-21(2)26-14-17(27-21)19-20(29-22(3,4)28-19)18(16-11-8-12-25-16)23(24)13-15-9-6-5-7-10-15/h5-12,17-20,24H,13-14H2,1-4H3. The zero-order valence-corrected chi connectivity index (χ0v) is 17.3. The number of nitrogens with zero attached hydrogens (tertiary/aromatic N) is 1. The van der Waals surface area contributed by atoms with Gasteiger partial charge in [-0.25, -0.2) is 0 Å². The lowest BCUT2D eigenvalue weighted by atomic mass is 9.98. The van der Waals surface area contributed by atoms with Crippen LogP contribution in [0.4, 0.5) is 0 Å². The summed E-state index contributed by atoms with van der Waals surface area (Å²) in [5.74, 6) is -0.920. The number of ether oxygens (including phenoxy) is 4. The van der Waals surface area contributed by atoms with Crippen molar-refractivity contribution in [3.05, 3.63) is 60.1 Å². The molecule has 7 nitrogen and oxygen atoms in total. The van der Waals surface area contributed by atoms with E-state index in [0.717, 1.165) is 5.56 Å². The first-order valence-electron chi connectivity index (χ1n) is 9.94. The summed E-state index contributed by atoms with van der Waals surface area (Å²) >= 11 is 0. The first kappa shape index (κ1) is 20.5. The molecule has 2 aromatic rings. The fraction of sp³-hybridized carbons (Fsp3) is 0.545. The highest BCUT2D eigenvalue weighted by atomic mass is 16.8. The second-order valence-corrected chi connectivity index (χ2v) is 8.48. The van der Waals surface area contributed by atoms with E-state index in [1.54, 1.807) is 12.3 Å². The van der Waals surface area contributed by atoms with Crippen LogP contribution in [-0.4, -0.2) is 46.8 Å². The van der Waals surface area contributed by atoms with Crippen LogP contribution in [0.3, 0.4) is 0 Å². The van der Waals surface area contributed by atoms with E-state index >= 15 is 0 Å². The van der Waals surface area contributed by atoms with Crippen molar-refractivity contribution in [3.63, 3.8) is 0 Å². The molecule has 2 aliphatic rings. The number of furan rings is 1. The van der Waals surface area contributed by atoms with Crippen LogP contribution in [0, 0.1) is 0 Å². The van der Waals surface area contributed by atoms with Gasteiger partial charge in [0.05, 0.1) is 12.9 Å². The van der Waals surface area contributed by atoms with Gasteiger partial charge >= 0.3 is 0 Å². The first-order chi connectivity index (χ1) is 13.7. The Morgan fingerprint density at radius 3 is 2.38 bits per heavy atom. The molecule has 3 heterocycles. The quantitative estimate of drug-likeness (QED) is 0.734. The molecular weight excluding hydrogens is 374 g/mol. The summed E-state index contributed by atoms with van der Waals surface area (Å²) in [6.07, 6.45) is 0.312. The van der Waals surface area contributed by atoms with Gasteiger partial charge in [-0.15, -0.1) is 0 Å². The molecule has 0 spiro atoms. The molecule has 0 radical (unpaired) electrons. The fourth-order valence-electron chi connectivity index (χ4n) is 4.03. The molecule has 4 unspecified atom stereocenters. The Labute approximate surface area is 171 Å². The van der Waals surface area contributed by atoms with Crippen molar-refractivity contribution in [2.45, 2.75) is 70.2 Å². The summed E-state index contributed by atoms with van der Waals surface area (Å²) in [4.78, 5) is 0. The molecule has 158 valence electrons. The van der Waals surface area contributed by atoms with E-state index in [1.807, 2.05) is 64.1 Å². The maximum absolute atomic E-state index is 11.1. The second kappa shape index (κ2) is 7.83. The topological polar surface area (TPSA) is 73.5 Å². The third-order valence-corrected chi connectivity index (χ3v) is 5.21. The van der Waals surface area contributed by atoms with Gasteiger partial charge < -0.3 is 28.6 Å². The first-order valence-corrected chi connectivity index (χ1v) is 9.94. The normalized spacial score (nSPS) is 29.4. The van der Waals surface area contributed by atoms with Crippen LogP contribution in [0.25, 0.3) is 0 Å². The number of hydrogen-bond donors (Lipinski definition) is 1. The van der Waals surface area contributed by atoms with E-state index in [9.17, 15) is 5.21 Å². The molecule has 1 aromatic heterocycles. The second-order valence-electron chi connectivity index (χ2n) is 8.48. The van der Waals surface area contributed by atoms with Gasteiger partial charge in [-0.1, -0.05) is 30.3 Å². The van der Waals surface area contributed by atoms with Gasteiger partial charge in [0.2, 0.25) is 0 Å². The fourth-order valence-corrected chi connectivity index (χ4v) is 4.03. The van der Waals surface area contributed by atoms with E-state index in [4.69, 9.17) is 23.4 Å². The zero-order chi connectivity index (χ0) is 20.6. The van der Waals surface area contributed by atoms with Crippen LogP contribution in [0.1, 0.15) is 45.1 Å². The molecular formula is C22H29NO6. The molecule has 2 aliphatic heterocycles. The number of hydroxylamine groups is 2. The molecule has 7 heteroatoms. The minimum absolute atomic E-state index is 0.312. The molecule has 29 heavy (non-hydrogen) atoms. The maximum atomic E-state index is 11.1. The van der Waals surface area contributed by atoms with Gasteiger partial charge in [0.25, 0.3) is 0 Å². The van der Waals surface area contributed by atoms with Gasteiger partial charge in [-0.2, -0.15) is 5.06 Å². The molecule has 1 N–H and O–H groups in total. The average molecular weight is 403 g/mol. The third-order valence-electron chi connectivity index (χ3n) is 5.21. The Morgan fingerprint density at radius 1 is 1.00 bits per heavy atom. The largest absolute Gasteiger partial charge is 0.467 e. The van der Waals surface area contributed by atoms with Crippen LogP contribution < -0.4 is 0 Å². The lowest BCUT2D eigenvalue weighted by Gasteiger charge is -2.32. The highest BCUT2D eigenvalue weighted by molar-refractivity contribution is 5.16. The average Bonchev–Trinajstić information content (AvgIpc) is 3.36. The van der Waals surface area contributed by atoms with Gasteiger partial charge in [-0.3, -0.25) is 0 Å². The van der Waals surface area contributed by atoms with Crippen molar-refractivity contribution < 1.29 is 28.6 Å². The summed E-state index contributed by atoms with van der Waals surface area (Å²) in [7, 11) is 0. The van der Waals surface area contributed by atoms with Crippen molar-refractivity contribution >= 4 is 0 Å². The number of hydrogen-bond acceptors (Lipinski definition) is 7. The summed E-state index contributed by atoms with van der Waals surface area (Å²) in [5, 5.41) is 12.3. The van der Waals surface area contributed by atoms with Crippen LogP contribution >= 0.6 is 0 Å². The Kier molecular flexibility index (Phi) is 5.54. The van der Waals surface area contributed by atoms with Gasteiger partial charge in [-0.05, 0) is 45.4 Å². The van der Waals surface area contributed by atoms with E-state index in [-0.39, 0.29) is 6.10 Å². The zero-order valence-electron chi connectivity index (χ0n) is 17.3. The van der Waals surface area contributed by atoms with Gasteiger partial charge in [0, 0.05) is 6.54 Å². The summed E-state index contributed by atoms with van der Waals surface area (Å²) in [5.41, 5.74) is 0.975. The highest BCUT2D eigenvalue weighted by Gasteiger charge is 2.54. The van der Waals surface area contributed by atoms with Gasteiger partial charge in [0.15, 0.2) is 11.6 Å². The van der Waals surface area contributed by atoms with E-state index in [2.05, 4.69) is 0 Å². The summed E-state index contributed by atoms with van der Waals surface area (Å²) in [6.45, 7) is 8.18. The van der Waals surface area contributed by atoms with Crippen LogP contribution in [0.15, 0.2) is 53.1 Å². The molecule has 0 saturated carbocycles. The minimum atomic E-state index is -0.830. The predicted molar refractivity (Wildman–Crippen MR) is 104 cm³/mol. The van der Waals surface area contributed by atoms with Crippen LogP contribution in [-0.2, 0) is 25.5 Å². The van der Waals surface area contributed by atoms with E-state index < -0.39 is 29.8 Å². The van der Waals surface area contributed by atoms with E-state index in [1.165, 1.54) is 5.06 Å². The smallest absolute Gasteiger partial charge is 0.163 e. The highest BCUT2D eigenvalue weighted by Crippen LogP contribution is 2.42. The van der Waals surface area contributed by atoms with Crippen LogP contribution in [0.2, 0.25) is 0 Å². The third kappa shape index (κ3) is 4.55. The van der Waals surface area contributed by atoms with Crippen molar-refractivity contribution in [1.82, 2.24) is 5.06 Å². The molecule has 0 bridgehead atoms. The molecule has 0 aliphatic carbocycles. The van der Waals surface area contributed by atoms with Gasteiger partial charge in [0.1, 0.15) is 30.1 Å². The molecule has 0 amide bonds. The summed E-state index contributed by atoms with van der Waals surface area (Å²) < 4.78 is 30.0. The maximum Gasteiger partial charge on any atom is 0.163 e. The van der Waals surface area contributed by atoms with Crippen LogP contribution in [0.5, 0.6) is 0 Å². The predicted octanol–water partition coefficient (Wildman–Crippen LogP) is 3.88. The molecule has 1 aromatic carbocycles. The Hall–Kier alpha value is -1.74. The number of benzene rings is 1.